The first-order valence-electron chi connectivity index (χ1n) is 14.1. The average Bonchev–Trinajstić information content (AvgIpc) is 3.48. The van der Waals surface area contributed by atoms with Gasteiger partial charge in [-0.15, -0.1) is 0 Å². The van der Waals surface area contributed by atoms with Gasteiger partial charge >= 0.3 is 0 Å². The number of amides is 2. The number of hydrogen-bond acceptors (Lipinski definition) is 4. The molecular weight excluding hydrogens is 486 g/mol. The van der Waals surface area contributed by atoms with Gasteiger partial charge < -0.3 is 9.84 Å². The number of aromatic hydroxyl groups is 1. The maximum atomic E-state index is 13.7. The highest BCUT2D eigenvalue weighted by atomic mass is 16.5. The number of imide groups is 1. The maximum absolute atomic E-state index is 13.7. The minimum atomic E-state index is -0.335. The van der Waals surface area contributed by atoms with Gasteiger partial charge in [-0.05, 0) is 67.3 Å². The quantitative estimate of drug-likeness (QED) is 0.267. The van der Waals surface area contributed by atoms with Crippen molar-refractivity contribution in [2.45, 2.75) is 52.1 Å². The number of rotatable bonds is 7. The number of phenols is 1. The van der Waals surface area contributed by atoms with Crippen molar-refractivity contribution < 1.29 is 19.4 Å². The molecule has 0 aromatic heterocycles. The number of carbonyl (C=O) groups excluding carboxylic acids is 2. The van der Waals surface area contributed by atoms with Crippen molar-refractivity contribution >= 4 is 34.4 Å². The standard InChI is InChI=1S/C34H35NO4/c1-3-9-23-19-27-32(34(38)35(33(27)37)24-10-5-4-6-11-24)28-20-39-30(31(23)28)17-14-21(2)18-22-15-16-29(36)26-13-8-7-12-25(22)26/h4-8,10-13,15-16,18,27-28,30,32,36H,3,9,14,17,19-20H2,1-2H3/b21-18+/t27-,28+,30-,32-/m1/s1. The number of para-hydroxylation sites is 1. The molecule has 2 saturated heterocycles. The van der Waals surface area contributed by atoms with Crippen LogP contribution < -0.4 is 4.90 Å². The Morgan fingerprint density at radius 3 is 2.49 bits per heavy atom. The smallest absolute Gasteiger partial charge is 0.238 e. The third kappa shape index (κ3) is 4.49. The van der Waals surface area contributed by atoms with Gasteiger partial charge in [0, 0.05) is 11.3 Å². The molecule has 200 valence electrons. The highest BCUT2D eigenvalue weighted by Crippen LogP contribution is 2.51. The highest BCUT2D eigenvalue weighted by molar-refractivity contribution is 6.22. The fourth-order valence-electron chi connectivity index (χ4n) is 6.97. The van der Waals surface area contributed by atoms with Gasteiger partial charge in [0.15, 0.2) is 0 Å². The molecule has 3 aromatic carbocycles. The molecule has 2 amide bonds. The van der Waals surface area contributed by atoms with E-state index in [2.05, 4.69) is 19.9 Å². The van der Waals surface area contributed by atoms with Crippen molar-refractivity contribution in [3.8, 4) is 5.75 Å². The molecule has 0 radical (unpaired) electrons. The molecule has 1 N–H and O–H groups in total. The molecule has 6 rings (SSSR count). The second kappa shape index (κ2) is 10.5. The van der Waals surface area contributed by atoms with Crippen LogP contribution in [-0.4, -0.2) is 29.6 Å². The fraction of sp³-hybridized carbons (Fsp3) is 0.353. The van der Waals surface area contributed by atoms with Gasteiger partial charge in [-0.1, -0.05) is 79.1 Å². The van der Waals surface area contributed by atoms with Crippen LogP contribution in [0.5, 0.6) is 5.75 Å². The van der Waals surface area contributed by atoms with Gasteiger partial charge in [-0.2, -0.15) is 0 Å². The van der Waals surface area contributed by atoms with Crippen LogP contribution in [-0.2, 0) is 14.3 Å². The summed E-state index contributed by atoms with van der Waals surface area (Å²) in [7, 11) is 0. The van der Waals surface area contributed by atoms with E-state index in [0.717, 1.165) is 42.0 Å². The molecule has 0 bridgehead atoms. The van der Waals surface area contributed by atoms with Crippen LogP contribution in [0.25, 0.3) is 16.8 Å². The van der Waals surface area contributed by atoms with Gasteiger partial charge in [-0.3, -0.25) is 14.5 Å². The minimum Gasteiger partial charge on any atom is -0.507 e. The van der Waals surface area contributed by atoms with Crippen LogP contribution >= 0.6 is 0 Å². The van der Waals surface area contributed by atoms with E-state index in [1.807, 2.05) is 60.7 Å². The maximum Gasteiger partial charge on any atom is 0.238 e. The summed E-state index contributed by atoms with van der Waals surface area (Å²) in [6.45, 7) is 4.82. The predicted molar refractivity (Wildman–Crippen MR) is 154 cm³/mol. The summed E-state index contributed by atoms with van der Waals surface area (Å²) < 4.78 is 6.40. The zero-order valence-corrected chi connectivity index (χ0v) is 22.6. The molecule has 2 fully saturated rings. The molecule has 5 nitrogen and oxygen atoms in total. The van der Waals surface area contributed by atoms with Crippen LogP contribution in [0.3, 0.4) is 0 Å². The summed E-state index contributed by atoms with van der Waals surface area (Å²) in [4.78, 5) is 28.6. The molecule has 3 aliphatic rings. The third-order valence-electron chi connectivity index (χ3n) is 8.71. The van der Waals surface area contributed by atoms with E-state index in [1.165, 1.54) is 21.6 Å². The van der Waals surface area contributed by atoms with Crippen LogP contribution in [0, 0.1) is 17.8 Å². The topological polar surface area (TPSA) is 66.8 Å². The Hall–Kier alpha value is -3.70. The minimum absolute atomic E-state index is 0.0221. The number of ether oxygens (including phenoxy) is 1. The molecule has 39 heavy (non-hydrogen) atoms. The monoisotopic (exact) mass is 521 g/mol. The lowest BCUT2D eigenvalue weighted by Gasteiger charge is -2.31. The Balaban J connectivity index is 1.24. The zero-order valence-electron chi connectivity index (χ0n) is 22.6. The Bertz CT molecular complexity index is 1490. The number of benzene rings is 3. The lowest BCUT2D eigenvalue weighted by atomic mass is 9.68. The summed E-state index contributed by atoms with van der Waals surface area (Å²) >= 11 is 0. The van der Waals surface area contributed by atoms with E-state index in [0.29, 0.717) is 24.5 Å². The number of fused-ring (bicyclic) bond motifs is 4. The van der Waals surface area contributed by atoms with Crippen molar-refractivity contribution in [3.63, 3.8) is 0 Å². The first-order chi connectivity index (χ1) is 19.0. The summed E-state index contributed by atoms with van der Waals surface area (Å²) in [5.41, 5.74) is 5.61. The van der Waals surface area contributed by atoms with E-state index in [4.69, 9.17) is 4.74 Å². The lowest BCUT2D eigenvalue weighted by molar-refractivity contribution is -0.122. The van der Waals surface area contributed by atoms with E-state index in [9.17, 15) is 14.7 Å². The lowest BCUT2D eigenvalue weighted by Crippen LogP contribution is -2.34. The molecule has 1 aliphatic carbocycles. The van der Waals surface area contributed by atoms with E-state index in [1.54, 1.807) is 6.07 Å². The second-order valence-electron chi connectivity index (χ2n) is 11.2. The van der Waals surface area contributed by atoms with Crippen molar-refractivity contribution in [1.82, 2.24) is 0 Å². The van der Waals surface area contributed by atoms with Crippen molar-refractivity contribution in [2.75, 3.05) is 11.5 Å². The number of carbonyl (C=O) groups is 2. The first kappa shape index (κ1) is 25.6. The number of nitrogens with zero attached hydrogens (tertiary/aromatic N) is 1. The van der Waals surface area contributed by atoms with E-state index >= 15 is 0 Å². The largest absolute Gasteiger partial charge is 0.507 e. The Kier molecular flexibility index (Phi) is 6.86. The molecule has 5 heteroatoms. The molecule has 4 atom stereocenters. The van der Waals surface area contributed by atoms with Crippen LogP contribution in [0.4, 0.5) is 5.69 Å². The summed E-state index contributed by atoms with van der Waals surface area (Å²) in [5, 5.41) is 12.1. The molecule has 3 aromatic rings. The number of allylic oxidation sites excluding steroid dienone is 2. The summed E-state index contributed by atoms with van der Waals surface area (Å²) in [5.74, 6) is -0.493. The van der Waals surface area contributed by atoms with Gasteiger partial charge in [0.25, 0.3) is 0 Å². The molecule has 0 unspecified atom stereocenters. The van der Waals surface area contributed by atoms with E-state index in [-0.39, 0.29) is 35.7 Å². The van der Waals surface area contributed by atoms with Crippen molar-refractivity contribution in [1.29, 1.82) is 0 Å². The van der Waals surface area contributed by atoms with Crippen LogP contribution in [0.15, 0.2) is 83.4 Å². The molecular formula is C34H35NO4. The third-order valence-corrected chi connectivity index (χ3v) is 8.71. The molecule has 0 saturated carbocycles. The molecule has 2 aliphatic heterocycles. The second-order valence-corrected chi connectivity index (χ2v) is 11.2. The van der Waals surface area contributed by atoms with Crippen molar-refractivity contribution in [2.24, 2.45) is 17.8 Å². The normalized spacial score (nSPS) is 25.0. The average molecular weight is 522 g/mol. The molecule has 0 spiro atoms. The number of anilines is 1. The Morgan fingerprint density at radius 2 is 1.72 bits per heavy atom. The first-order valence-corrected chi connectivity index (χ1v) is 14.1. The van der Waals surface area contributed by atoms with Crippen LogP contribution in [0.1, 0.15) is 51.5 Å². The van der Waals surface area contributed by atoms with Gasteiger partial charge in [0.1, 0.15) is 5.75 Å². The predicted octanol–water partition coefficient (Wildman–Crippen LogP) is 7.05. The van der Waals surface area contributed by atoms with Gasteiger partial charge in [0.05, 0.1) is 30.2 Å². The van der Waals surface area contributed by atoms with Crippen LogP contribution in [0.2, 0.25) is 0 Å². The number of hydrogen-bond donors (Lipinski definition) is 1. The summed E-state index contributed by atoms with van der Waals surface area (Å²) in [6.07, 6.45) is 6.50. The Morgan fingerprint density at radius 1 is 0.974 bits per heavy atom. The highest BCUT2D eigenvalue weighted by Gasteiger charge is 2.57. The fourth-order valence-corrected chi connectivity index (χ4v) is 6.97. The Labute approximate surface area is 229 Å². The van der Waals surface area contributed by atoms with E-state index < -0.39 is 0 Å². The summed E-state index contributed by atoms with van der Waals surface area (Å²) in [6, 6.07) is 21.0. The SMILES string of the molecule is CCCC1=C2[C@@H](CC/C(C)=C/c3ccc(O)c4ccccc34)OC[C@@H]2[C@@H]2C(=O)N(c3ccccc3)C(=O)[C@@H]2C1. The van der Waals surface area contributed by atoms with Crippen molar-refractivity contribution in [3.05, 3.63) is 89.0 Å². The van der Waals surface area contributed by atoms with Gasteiger partial charge in [0.2, 0.25) is 11.8 Å². The van der Waals surface area contributed by atoms with Gasteiger partial charge in [-0.25, -0.2) is 0 Å². The zero-order chi connectivity index (χ0) is 27.1. The number of phenolic OH excluding ortho intramolecular Hbond substituents is 1. The molecule has 2 heterocycles.